The molecule has 0 aromatic carbocycles. The largest absolute Gasteiger partial charge is 0.469 e. The molecule has 1 saturated heterocycles. The first-order valence-corrected chi connectivity index (χ1v) is 7.41. The van der Waals surface area contributed by atoms with Crippen LogP contribution >= 0.6 is 0 Å². The third-order valence-corrected chi connectivity index (χ3v) is 3.86. The van der Waals surface area contributed by atoms with Gasteiger partial charge in [0.1, 0.15) is 5.76 Å². The smallest absolute Gasteiger partial charge is 0.223 e. The lowest BCUT2D eigenvalue weighted by Crippen LogP contribution is -2.50. The van der Waals surface area contributed by atoms with E-state index in [-0.39, 0.29) is 5.91 Å². The summed E-state index contributed by atoms with van der Waals surface area (Å²) in [5.41, 5.74) is 5.65. The maximum Gasteiger partial charge on any atom is 0.223 e. The Balaban J connectivity index is 1.69. The van der Waals surface area contributed by atoms with Crippen LogP contribution in [0, 0.1) is 5.92 Å². The number of rotatable bonds is 6. The standard InChI is InChI=1S/C15H25N3O2/c1-13(11-16)12-17-6-8-18(9-7-17)15(19)5-4-14-3-2-10-20-14/h2-3,10,13H,4-9,11-12,16H2,1H3. The summed E-state index contributed by atoms with van der Waals surface area (Å²) in [6.07, 6.45) is 2.88. The fraction of sp³-hybridized carbons (Fsp3) is 0.667. The maximum absolute atomic E-state index is 12.1. The second-order valence-corrected chi connectivity index (χ2v) is 5.60. The van der Waals surface area contributed by atoms with Gasteiger partial charge in [0.15, 0.2) is 0 Å². The average Bonchev–Trinajstić information content (AvgIpc) is 2.98. The van der Waals surface area contributed by atoms with Crippen LogP contribution in [0.4, 0.5) is 0 Å². The van der Waals surface area contributed by atoms with Crippen LogP contribution < -0.4 is 5.73 Å². The van der Waals surface area contributed by atoms with Crippen LogP contribution in [-0.4, -0.2) is 55.0 Å². The number of amides is 1. The molecule has 1 aromatic heterocycles. The topological polar surface area (TPSA) is 62.7 Å². The number of piperazine rings is 1. The number of hydrogen-bond donors (Lipinski definition) is 1. The molecule has 1 fully saturated rings. The van der Waals surface area contributed by atoms with Crippen LogP contribution in [0.25, 0.3) is 0 Å². The number of hydrogen-bond acceptors (Lipinski definition) is 4. The van der Waals surface area contributed by atoms with E-state index in [0.29, 0.717) is 18.8 Å². The molecule has 20 heavy (non-hydrogen) atoms. The lowest BCUT2D eigenvalue weighted by Gasteiger charge is -2.35. The van der Waals surface area contributed by atoms with E-state index in [2.05, 4.69) is 11.8 Å². The maximum atomic E-state index is 12.1. The van der Waals surface area contributed by atoms with Crippen molar-refractivity contribution in [2.45, 2.75) is 19.8 Å². The highest BCUT2D eigenvalue weighted by Gasteiger charge is 2.21. The summed E-state index contributed by atoms with van der Waals surface area (Å²) in [5, 5.41) is 0. The number of furan rings is 1. The van der Waals surface area contributed by atoms with E-state index >= 15 is 0 Å². The van der Waals surface area contributed by atoms with Gasteiger partial charge < -0.3 is 15.1 Å². The van der Waals surface area contributed by atoms with E-state index in [1.54, 1.807) is 6.26 Å². The first kappa shape index (κ1) is 15.1. The van der Waals surface area contributed by atoms with Crippen LogP contribution in [0.5, 0.6) is 0 Å². The lowest BCUT2D eigenvalue weighted by atomic mass is 10.1. The van der Waals surface area contributed by atoms with Gasteiger partial charge in [0.05, 0.1) is 6.26 Å². The summed E-state index contributed by atoms with van der Waals surface area (Å²) in [7, 11) is 0. The van der Waals surface area contributed by atoms with Crippen LogP contribution in [0.3, 0.4) is 0 Å². The molecule has 2 heterocycles. The van der Waals surface area contributed by atoms with Crippen molar-refractivity contribution in [2.24, 2.45) is 11.7 Å². The van der Waals surface area contributed by atoms with Crippen molar-refractivity contribution in [1.29, 1.82) is 0 Å². The minimum absolute atomic E-state index is 0.230. The number of nitrogens with zero attached hydrogens (tertiary/aromatic N) is 2. The third-order valence-electron chi connectivity index (χ3n) is 3.86. The van der Waals surface area contributed by atoms with Crippen molar-refractivity contribution < 1.29 is 9.21 Å². The molecule has 1 amide bonds. The average molecular weight is 279 g/mol. The first-order chi connectivity index (χ1) is 9.69. The number of nitrogens with two attached hydrogens (primary N) is 1. The Hall–Kier alpha value is -1.33. The Bertz CT molecular complexity index is 397. The zero-order valence-electron chi connectivity index (χ0n) is 12.3. The van der Waals surface area contributed by atoms with Crippen molar-refractivity contribution >= 4 is 5.91 Å². The van der Waals surface area contributed by atoms with Crippen molar-refractivity contribution in [3.8, 4) is 0 Å². The molecule has 5 nitrogen and oxygen atoms in total. The van der Waals surface area contributed by atoms with Crippen molar-refractivity contribution in [1.82, 2.24) is 9.80 Å². The molecule has 2 N–H and O–H groups in total. The van der Waals surface area contributed by atoms with Crippen LogP contribution in [0.1, 0.15) is 19.1 Å². The highest BCUT2D eigenvalue weighted by Crippen LogP contribution is 2.09. The summed E-state index contributed by atoms with van der Waals surface area (Å²) in [4.78, 5) is 16.5. The van der Waals surface area contributed by atoms with Gasteiger partial charge in [-0.2, -0.15) is 0 Å². The summed E-state index contributed by atoms with van der Waals surface area (Å²) in [5.74, 6) is 1.64. The van der Waals surface area contributed by atoms with E-state index in [1.807, 2.05) is 17.0 Å². The fourth-order valence-corrected chi connectivity index (χ4v) is 2.54. The molecule has 0 saturated carbocycles. The molecule has 1 unspecified atom stereocenters. The molecular weight excluding hydrogens is 254 g/mol. The molecule has 112 valence electrons. The SMILES string of the molecule is CC(CN)CN1CCN(C(=O)CCc2ccco2)CC1. The van der Waals surface area contributed by atoms with Gasteiger partial charge in [-0.05, 0) is 24.6 Å². The lowest BCUT2D eigenvalue weighted by molar-refractivity contribution is -0.133. The highest BCUT2D eigenvalue weighted by atomic mass is 16.3. The Labute approximate surface area is 120 Å². The normalized spacial score (nSPS) is 18.2. The summed E-state index contributed by atoms with van der Waals surface area (Å²) >= 11 is 0. The zero-order chi connectivity index (χ0) is 14.4. The summed E-state index contributed by atoms with van der Waals surface area (Å²) in [6, 6.07) is 3.77. The van der Waals surface area contributed by atoms with Gasteiger partial charge >= 0.3 is 0 Å². The van der Waals surface area contributed by atoms with E-state index in [0.717, 1.165) is 45.0 Å². The third kappa shape index (κ3) is 4.35. The second kappa shape index (κ2) is 7.45. The van der Waals surface area contributed by atoms with Crippen molar-refractivity contribution in [2.75, 3.05) is 39.3 Å². The molecule has 1 aromatic rings. The quantitative estimate of drug-likeness (QED) is 0.842. The van der Waals surface area contributed by atoms with Gasteiger partial charge in [0.2, 0.25) is 5.91 Å². The Kier molecular flexibility index (Phi) is 5.61. The minimum atomic E-state index is 0.230. The van der Waals surface area contributed by atoms with E-state index < -0.39 is 0 Å². The van der Waals surface area contributed by atoms with Crippen molar-refractivity contribution in [3.63, 3.8) is 0 Å². The molecule has 2 rings (SSSR count). The molecule has 0 radical (unpaired) electrons. The Morgan fingerprint density at radius 3 is 2.75 bits per heavy atom. The molecule has 5 heteroatoms. The summed E-state index contributed by atoms with van der Waals surface area (Å²) < 4.78 is 5.25. The predicted molar refractivity (Wildman–Crippen MR) is 78.3 cm³/mol. The van der Waals surface area contributed by atoms with Crippen molar-refractivity contribution in [3.05, 3.63) is 24.2 Å². The second-order valence-electron chi connectivity index (χ2n) is 5.60. The van der Waals surface area contributed by atoms with Gasteiger partial charge in [-0.25, -0.2) is 0 Å². The number of carbonyl (C=O) groups excluding carboxylic acids is 1. The molecule has 1 aliphatic heterocycles. The first-order valence-electron chi connectivity index (χ1n) is 7.41. The molecular formula is C15H25N3O2. The van der Waals surface area contributed by atoms with E-state index in [4.69, 9.17) is 10.2 Å². The number of aryl methyl sites for hydroxylation is 1. The van der Waals surface area contributed by atoms with Crippen LogP contribution in [0.2, 0.25) is 0 Å². The fourth-order valence-electron chi connectivity index (χ4n) is 2.54. The molecule has 1 aliphatic rings. The van der Waals surface area contributed by atoms with Gasteiger partial charge in [0.25, 0.3) is 0 Å². The predicted octanol–water partition coefficient (Wildman–Crippen LogP) is 0.951. The number of carbonyl (C=O) groups is 1. The van der Waals surface area contributed by atoms with Crippen LogP contribution in [-0.2, 0) is 11.2 Å². The van der Waals surface area contributed by atoms with Gasteiger partial charge in [0, 0.05) is 45.6 Å². The Morgan fingerprint density at radius 1 is 1.40 bits per heavy atom. The molecule has 0 aliphatic carbocycles. The van der Waals surface area contributed by atoms with Gasteiger partial charge in [-0.15, -0.1) is 0 Å². The zero-order valence-corrected chi connectivity index (χ0v) is 12.3. The van der Waals surface area contributed by atoms with E-state index in [9.17, 15) is 4.79 Å². The Morgan fingerprint density at radius 2 is 2.15 bits per heavy atom. The van der Waals surface area contributed by atoms with Gasteiger partial charge in [-0.3, -0.25) is 9.69 Å². The summed E-state index contributed by atoms with van der Waals surface area (Å²) in [6.45, 7) is 7.49. The molecule has 0 bridgehead atoms. The van der Waals surface area contributed by atoms with Crippen LogP contribution in [0.15, 0.2) is 22.8 Å². The minimum Gasteiger partial charge on any atom is -0.469 e. The molecule has 1 atom stereocenters. The molecule has 0 spiro atoms. The monoisotopic (exact) mass is 279 g/mol. The highest BCUT2D eigenvalue weighted by molar-refractivity contribution is 5.76. The van der Waals surface area contributed by atoms with Gasteiger partial charge in [-0.1, -0.05) is 6.92 Å². The van der Waals surface area contributed by atoms with E-state index in [1.165, 1.54) is 0 Å².